The number of nitrogens with zero attached hydrogens (tertiary/aromatic N) is 1. The largest absolute Gasteiger partial charge is 0.383 e. The van der Waals surface area contributed by atoms with Crippen molar-refractivity contribution in [2.24, 2.45) is 0 Å². The number of piperidine rings is 1. The number of carbonyl (C=O) groups excluding carboxylic acids is 2. The molecule has 108 valence electrons. The SMILES string of the molecule is Nc1ncc(C(=O)NC2CCCNC2=O)c2ccccc12. The zero-order chi connectivity index (χ0) is 14.8. The van der Waals surface area contributed by atoms with E-state index in [4.69, 9.17) is 5.73 Å². The van der Waals surface area contributed by atoms with E-state index in [0.29, 0.717) is 24.3 Å². The molecule has 0 radical (unpaired) electrons. The molecule has 4 N–H and O–H groups in total. The van der Waals surface area contributed by atoms with Crippen LogP contribution < -0.4 is 16.4 Å². The molecule has 3 rings (SSSR count). The zero-order valence-electron chi connectivity index (χ0n) is 11.4. The lowest BCUT2D eigenvalue weighted by molar-refractivity contribution is -0.124. The highest BCUT2D eigenvalue weighted by Crippen LogP contribution is 2.22. The van der Waals surface area contributed by atoms with Crippen LogP contribution in [0.15, 0.2) is 30.5 Å². The number of nitrogen functional groups attached to an aromatic ring is 1. The minimum atomic E-state index is -0.484. The molecular formula is C15H16N4O2. The molecule has 0 bridgehead atoms. The molecule has 21 heavy (non-hydrogen) atoms. The molecule has 1 saturated heterocycles. The minimum Gasteiger partial charge on any atom is -0.383 e. The van der Waals surface area contributed by atoms with Gasteiger partial charge in [0.1, 0.15) is 11.9 Å². The van der Waals surface area contributed by atoms with Crippen LogP contribution in [-0.4, -0.2) is 29.4 Å². The van der Waals surface area contributed by atoms with Crippen LogP contribution in [0.2, 0.25) is 0 Å². The summed E-state index contributed by atoms with van der Waals surface area (Å²) in [5.74, 6) is -0.0550. The van der Waals surface area contributed by atoms with Crippen LogP contribution in [-0.2, 0) is 4.79 Å². The first kappa shape index (κ1) is 13.4. The summed E-state index contributed by atoms with van der Waals surface area (Å²) in [4.78, 5) is 28.2. The number of carbonyl (C=O) groups is 2. The molecule has 0 spiro atoms. The Kier molecular flexibility index (Phi) is 3.43. The molecule has 1 aliphatic heterocycles. The Hall–Kier alpha value is -2.63. The van der Waals surface area contributed by atoms with Crippen molar-refractivity contribution in [3.05, 3.63) is 36.0 Å². The van der Waals surface area contributed by atoms with Gasteiger partial charge in [-0.1, -0.05) is 24.3 Å². The fourth-order valence-electron chi connectivity index (χ4n) is 2.54. The third-order valence-corrected chi connectivity index (χ3v) is 3.66. The van der Waals surface area contributed by atoms with Gasteiger partial charge in [0, 0.05) is 18.1 Å². The molecule has 0 aliphatic carbocycles. The monoisotopic (exact) mass is 284 g/mol. The maximum Gasteiger partial charge on any atom is 0.254 e. The molecule has 1 fully saturated rings. The van der Waals surface area contributed by atoms with Gasteiger partial charge in [0.05, 0.1) is 5.56 Å². The molecule has 6 heteroatoms. The molecule has 1 aromatic heterocycles. The Labute approximate surface area is 121 Å². The van der Waals surface area contributed by atoms with Crippen LogP contribution in [0.3, 0.4) is 0 Å². The van der Waals surface area contributed by atoms with Crippen molar-refractivity contribution in [3.8, 4) is 0 Å². The van der Waals surface area contributed by atoms with Crippen LogP contribution in [0.25, 0.3) is 10.8 Å². The fourth-order valence-corrected chi connectivity index (χ4v) is 2.54. The van der Waals surface area contributed by atoms with E-state index in [0.717, 1.165) is 17.2 Å². The van der Waals surface area contributed by atoms with Gasteiger partial charge in [-0.2, -0.15) is 0 Å². The van der Waals surface area contributed by atoms with Gasteiger partial charge in [-0.05, 0) is 18.2 Å². The van der Waals surface area contributed by atoms with Crippen molar-refractivity contribution < 1.29 is 9.59 Å². The summed E-state index contributed by atoms with van der Waals surface area (Å²) in [6, 6.07) is 6.84. The second-order valence-corrected chi connectivity index (χ2v) is 5.06. The first-order chi connectivity index (χ1) is 10.2. The van der Waals surface area contributed by atoms with Gasteiger partial charge in [0.25, 0.3) is 5.91 Å². The summed E-state index contributed by atoms with van der Waals surface area (Å²) in [5.41, 5.74) is 6.25. The average Bonchev–Trinajstić information content (AvgIpc) is 2.50. The molecule has 2 heterocycles. The Morgan fingerprint density at radius 2 is 2.10 bits per heavy atom. The van der Waals surface area contributed by atoms with Crippen LogP contribution in [0, 0.1) is 0 Å². The molecule has 1 aliphatic rings. The second kappa shape index (κ2) is 5.40. The zero-order valence-corrected chi connectivity index (χ0v) is 11.4. The van der Waals surface area contributed by atoms with E-state index < -0.39 is 6.04 Å². The van der Waals surface area contributed by atoms with Crippen molar-refractivity contribution in [2.75, 3.05) is 12.3 Å². The lowest BCUT2D eigenvalue weighted by atomic mass is 10.0. The molecule has 1 atom stereocenters. The first-order valence-corrected chi connectivity index (χ1v) is 6.88. The third kappa shape index (κ3) is 2.52. The van der Waals surface area contributed by atoms with Crippen LogP contribution in [0.5, 0.6) is 0 Å². The molecule has 1 unspecified atom stereocenters. The number of rotatable bonds is 2. The van der Waals surface area contributed by atoms with E-state index in [9.17, 15) is 9.59 Å². The third-order valence-electron chi connectivity index (χ3n) is 3.66. The van der Waals surface area contributed by atoms with Crippen molar-refractivity contribution in [2.45, 2.75) is 18.9 Å². The number of fused-ring (bicyclic) bond motifs is 1. The summed E-state index contributed by atoms with van der Waals surface area (Å²) < 4.78 is 0. The van der Waals surface area contributed by atoms with Gasteiger partial charge >= 0.3 is 0 Å². The van der Waals surface area contributed by atoms with Gasteiger partial charge in [0.15, 0.2) is 0 Å². The smallest absolute Gasteiger partial charge is 0.254 e. The highest BCUT2D eigenvalue weighted by Gasteiger charge is 2.24. The molecule has 2 amide bonds. The summed E-state index contributed by atoms with van der Waals surface area (Å²) in [6.45, 7) is 0.664. The van der Waals surface area contributed by atoms with Crippen LogP contribution >= 0.6 is 0 Å². The van der Waals surface area contributed by atoms with E-state index in [1.807, 2.05) is 24.3 Å². The number of pyridine rings is 1. The number of benzene rings is 1. The van der Waals surface area contributed by atoms with Gasteiger partial charge < -0.3 is 16.4 Å². The molecular weight excluding hydrogens is 268 g/mol. The Balaban J connectivity index is 1.91. The topological polar surface area (TPSA) is 97.1 Å². The van der Waals surface area contributed by atoms with E-state index in [-0.39, 0.29) is 11.8 Å². The number of hydrogen-bond donors (Lipinski definition) is 3. The number of anilines is 1. The van der Waals surface area contributed by atoms with Gasteiger partial charge in [0.2, 0.25) is 5.91 Å². The van der Waals surface area contributed by atoms with Gasteiger partial charge in [-0.25, -0.2) is 4.98 Å². The second-order valence-electron chi connectivity index (χ2n) is 5.06. The quantitative estimate of drug-likeness (QED) is 0.760. The number of amides is 2. The molecule has 2 aromatic rings. The summed E-state index contributed by atoms with van der Waals surface area (Å²) in [6.07, 6.45) is 2.96. The summed E-state index contributed by atoms with van der Waals surface area (Å²) >= 11 is 0. The molecule has 0 saturated carbocycles. The fraction of sp³-hybridized carbons (Fsp3) is 0.267. The first-order valence-electron chi connectivity index (χ1n) is 6.88. The Bertz CT molecular complexity index is 714. The van der Waals surface area contributed by atoms with E-state index in [1.54, 1.807) is 0 Å². The number of nitrogens with two attached hydrogens (primary N) is 1. The number of aromatic nitrogens is 1. The van der Waals surface area contributed by atoms with Crippen molar-refractivity contribution >= 4 is 28.4 Å². The Morgan fingerprint density at radius 1 is 1.33 bits per heavy atom. The summed E-state index contributed by atoms with van der Waals surface area (Å²) in [5, 5.41) is 6.98. The Morgan fingerprint density at radius 3 is 2.86 bits per heavy atom. The molecule has 6 nitrogen and oxygen atoms in total. The van der Waals surface area contributed by atoms with Crippen molar-refractivity contribution in [3.63, 3.8) is 0 Å². The van der Waals surface area contributed by atoms with E-state index in [2.05, 4.69) is 15.6 Å². The number of hydrogen-bond acceptors (Lipinski definition) is 4. The maximum atomic E-state index is 12.4. The standard InChI is InChI=1S/C15H16N4O2/c16-13-10-5-2-1-4-9(10)11(8-18-13)14(20)19-12-6-3-7-17-15(12)21/h1-2,4-5,8,12H,3,6-7H2,(H2,16,18)(H,17,21)(H,19,20). The van der Waals surface area contributed by atoms with Gasteiger partial charge in [-0.3, -0.25) is 9.59 Å². The lowest BCUT2D eigenvalue weighted by Crippen LogP contribution is -2.50. The van der Waals surface area contributed by atoms with Crippen molar-refractivity contribution in [1.29, 1.82) is 0 Å². The summed E-state index contributed by atoms with van der Waals surface area (Å²) in [7, 11) is 0. The van der Waals surface area contributed by atoms with Crippen LogP contribution in [0.4, 0.5) is 5.82 Å². The average molecular weight is 284 g/mol. The van der Waals surface area contributed by atoms with Crippen molar-refractivity contribution in [1.82, 2.24) is 15.6 Å². The van der Waals surface area contributed by atoms with Crippen LogP contribution in [0.1, 0.15) is 23.2 Å². The molecule has 1 aromatic carbocycles. The highest BCUT2D eigenvalue weighted by molar-refractivity contribution is 6.09. The lowest BCUT2D eigenvalue weighted by Gasteiger charge is -2.23. The predicted octanol–water partition coefficient (Wildman–Crippen LogP) is 0.825. The predicted molar refractivity (Wildman–Crippen MR) is 79.7 cm³/mol. The van der Waals surface area contributed by atoms with Gasteiger partial charge in [-0.15, -0.1) is 0 Å². The highest BCUT2D eigenvalue weighted by atomic mass is 16.2. The van der Waals surface area contributed by atoms with E-state index in [1.165, 1.54) is 6.20 Å². The number of nitrogens with one attached hydrogen (secondary N) is 2. The maximum absolute atomic E-state index is 12.4. The van der Waals surface area contributed by atoms with E-state index >= 15 is 0 Å². The normalized spacial score (nSPS) is 18.3. The minimum absolute atomic E-state index is 0.137.